The number of rotatable bonds is 2. The van der Waals surface area contributed by atoms with Gasteiger partial charge in [0.05, 0.1) is 11.6 Å². The molecule has 1 heterocycles. The van der Waals surface area contributed by atoms with Crippen LogP contribution in [-0.2, 0) is 9.59 Å². The summed E-state index contributed by atoms with van der Waals surface area (Å²) in [7, 11) is 0. The van der Waals surface area contributed by atoms with Crippen LogP contribution in [0.1, 0.15) is 70.4 Å². The molecule has 3 aliphatic rings. The van der Waals surface area contributed by atoms with Crippen molar-refractivity contribution in [1.29, 1.82) is 5.26 Å². The highest BCUT2D eigenvalue weighted by atomic mass is 16.3. The molecular formula is C30H30N2O3. The fraction of sp³-hybridized carbons (Fsp3) is 0.367. The second kappa shape index (κ2) is 7.95. The van der Waals surface area contributed by atoms with Crippen LogP contribution in [0.3, 0.4) is 0 Å². The predicted octanol–water partition coefficient (Wildman–Crippen LogP) is 6.15. The van der Waals surface area contributed by atoms with Gasteiger partial charge in [0.2, 0.25) is 0 Å². The Morgan fingerprint density at radius 3 is 1.97 bits per heavy atom. The molecule has 2 aromatic carbocycles. The van der Waals surface area contributed by atoms with Crippen molar-refractivity contribution in [3.8, 4) is 11.8 Å². The summed E-state index contributed by atoms with van der Waals surface area (Å²) < 4.78 is 0. The van der Waals surface area contributed by atoms with Crippen LogP contribution in [0.2, 0.25) is 0 Å². The Kier molecular flexibility index (Phi) is 5.25. The number of anilines is 1. The molecule has 35 heavy (non-hydrogen) atoms. The highest BCUT2D eigenvalue weighted by Crippen LogP contribution is 2.55. The van der Waals surface area contributed by atoms with Gasteiger partial charge in [-0.1, -0.05) is 45.9 Å². The van der Waals surface area contributed by atoms with E-state index in [9.17, 15) is 20.0 Å². The Morgan fingerprint density at radius 2 is 1.43 bits per heavy atom. The molecule has 5 rings (SSSR count). The topological polar surface area (TPSA) is 81.4 Å². The standard InChI is InChI=1S/C30H30N2O3/c1-29(2)13-22-27(24(34)15-29)26(19-8-6-10-21(33)12-19)28-23(14-30(3,4)16-25(28)35)32(22)20-9-5-7-18(11-20)17-31/h5-12,26,33H,13-16H2,1-4H3. The molecule has 0 aromatic heterocycles. The Morgan fingerprint density at radius 1 is 0.857 bits per heavy atom. The average Bonchev–Trinajstić information content (AvgIpc) is 2.76. The lowest BCUT2D eigenvalue weighted by Crippen LogP contribution is -2.44. The molecule has 0 fully saturated rings. The number of aromatic hydroxyl groups is 1. The summed E-state index contributed by atoms with van der Waals surface area (Å²) in [4.78, 5) is 29.7. The highest BCUT2D eigenvalue weighted by Gasteiger charge is 2.49. The summed E-state index contributed by atoms with van der Waals surface area (Å²) >= 11 is 0. The predicted molar refractivity (Wildman–Crippen MR) is 135 cm³/mol. The van der Waals surface area contributed by atoms with Crippen LogP contribution < -0.4 is 4.90 Å². The Hall–Kier alpha value is -3.65. The van der Waals surface area contributed by atoms with E-state index in [0.717, 1.165) is 22.6 Å². The van der Waals surface area contributed by atoms with E-state index in [0.29, 0.717) is 42.4 Å². The third-order valence-corrected chi connectivity index (χ3v) is 7.35. The van der Waals surface area contributed by atoms with E-state index in [1.807, 2.05) is 24.3 Å². The van der Waals surface area contributed by atoms with E-state index in [1.165, 1.54) is 0 Å². The van der Waals surface area contributed by atoms with Crippen LogP contribution in [0.25, 0.3) is 0 Å². The highest BCUT2D eigenvalue weighted by molar-refractivity contribution is 6.08. The maximum atomic E-state index is 13.8. The normalized spacial score (nSPS) is 21.5. The first kappa shape index (κ1) is 23.1. The van der Waals surface area contributed by atoms with Crippen LogP contribution in [0.5, 0.6) is 5.75 Å². The van der Waals surface area contributed by atoms with Crippen LogP contribution >= 0.6 is 0 Å². The minimum atomic E-state index is -0.505. The minimum Gasteiger partial charge on any atom is -0.508 e. The van der Waals surface area contributed by atoms with Crippen molar-refractivity contribution in [1.82, 2.24) is 0 Å². The smallest absolute Gasteiger partial charge is 0.162 e. The number of hydrogen-bond donors (Lipinski definition) is 1. The van der Waals surface area contributed by atoms with Crippen LogP contribution in [0.15, 0.2) is 71.1 Å². The molecule has 0 saturated heterocycles. The molecule has 0 amide bonds. The monoisotopic (exact) mass is 466 g/mol. The van der Waals surface area contributed by atoms with Gasteiger partial charge in [0.25, 0.3) is 0 Å². The van der Waals surface area contributed by atoms with Crippen LogP contribution in [-0.4, -0.2) is 16.7 Å². The summed E-state index contributed by atoms with van der Waals surface area (Å²) in [5, 5.41) is 19.8. The van der Waals surface area contributed by atoms with Gasteiger partial charge in [-0.15, -0.1) is 0 Å². The van der Waals surface area contributed by atoms with Crippen molar-refractivity contribution < 1.29 is 14.7 Å². The molecule has 0 unspecified atom stereocenters. The number of nitriles is 1. The third-order valence-electron chi connectivity index (χ3n) is 7.35. The number of benzene rings is 2. The maximum Gasteiger partial charge on any atom is 0.162 e. The number of carbonyl (C=O) groups excluding carboxylic acids is 2. The van der Waals surface area contributed by atoms with E-state index in [2.05, 4.69) is 38.7 Å². The Balaban J connectivity index is 1.85. The maximum absolute atomic E-state index is 13.8. The number of phenolic OH excluding ortho intramolecular Hbond substituents is 1. The lowest BCUT2D eigenvalue weighted by Gasteiger charge is -2.49. The number of Topliss-reactive ketones (excluding diaryl/α,β-unsaturated/α-hetero) is 2. The van der Waals surface area contributed by atoms with Crippen molar-refractivity contribution in [2.24, 2.45) is 10.8 Å². The lowest BCUT2D eigenvalue weighted by atomic mass is 9.63. The first-order chi connectivity index (χ1) is 16.5. The van der Waals surface area contributed by atoms with Gasteiger partial charge in [0.1, 0.15) is 5.75 Å². The number of allylic oxidation sites excluding steroid dienone is 4. The molecule has 2 aliphatic carbocycles. The zero-order valence-electron chi connectivity index (χ0n) is 20.7. The molecule has 0 radical (unpaired) electrons. The van der Waals surface area contributed by atoms with Gasteiger partial charge >= 0.3 is 0 Å². The van der Waals surface area contributed by atoms with Crippen molar-refractivity contribution in [3.05, 3.63) is 82.2 Å². The summed E-state index contributed by atoms with van der Waals surface area (Å²) in [5.41, 5.74) is 4.70. The number of ketones is 2. The molecule has 5 nitrogen and oxygen atoms in total. The van der Waals surface area contributed by atoms with Crippen molar-refractivity contribution >= 4 is 17.3 Å². The molecule has 2 aromatic rings. The van der Waals surface area contributed by atoms with E-state index >= 15 is 0 Å². The molecule has 0 atom stereocenters. The SMILES string of the molecule is CC1(C)CC(=O)C2=C(C1)N(c1cccc(C#N)c1)C1=C(C(=O)CC(C)(C)C1)C2c1cccc(O)c1. The number of carbonyl (C=O) groups is 2. The van der Waals surface area contributed by atoms with Gasteiger partial charge in [-0.25, -0.2) is 0 Å². The Bertz CT molecular complexity index is 1320. The molecule has 1 aliphatic heterocycles. The largest absolute Gasteiger partial charge is 0.508 e. The molecular weight excluding hydrogens is 436 g/mol. The fourth-order valence-electron chi connectivity index (χ4n) is 6.03. The molecule has 178 valence electrons. The summed E-state index contributed by atoms with van der Waals surface area (Å²) in [5.74, 6) is -0.316. The number of nitrogens with zero attached hydrogens (tertiary/aromatic N) is 2. The quantitative estimate of drug-likeness (QED) is 0.574. The first-order valence-electron chi connectivity index (χ1n) is 12.1. The minimum absolute atomic E-state index is 0.0372. The molecule has 1 N–H and O–H groups in total. The van der Waals surface area contributed by atoms with Gasteiger partial charge in [-0.3, -0.25) is 9.59 Å². The second-order valence-electron chi connectivity index (χ2n) is 11.6. The van der Waals surface area contributed by atoms with E-state index < -0.39 is 5.92 Å². The zero-order chi connectivity index (χ0) is 25.1. The van der Waals surface area contributed by atoms with E-state index in [-0.39, 0.29) is 28.1 Å². The van der Waals surface area contributed by atoms with Gasteiger partial charge < -0.3 is 10.0 Å². The van der Waals surface area contributed by atoms with Gasteiger partial charge in [-0.05, 0) is 59.6 Å². The molecule has 0 spiro atoms. The summed E-state index contributed by atoms with van der Waals surface area (Å²) in [6.45, 7) is 8.40. The molecule has 5 heteroatoms. The van der Waals surface area contributed by atoms with E-state index in [4.69, 9.17) is 0 Å². The van der Waals surface area contributed by atoms with E-state index in [1.54, 1.807) is 24.3 Å². The Labute approximate surface area is 206 Å². The number of hydrogen-bond acceptors (Lipinski definition) is 5. The van der Waals surface area contributed by atoms with Crippen molar-refractivity contribution in [3.63, 3.8) is 0 Å². The summed E-state index contributed by atoms with van der Waals surface area (Å²) in [6, 6.07) is 16.6. The summed E-state index contributed by atoms with van der Waals surface area (Å²) in [6.07, 6.45) is 2.14. The van der Waals surface area contributed by atoms with Crippen molar-refractivity contribution in [2.75, 3.05) is 4.90 Å². The second-order valence-corrected chi connectivity index (χ2v) is 11.6. The van der Waals surface area contributed by atoms with Crippen LogP contribution in [0, 0.1) is 22.2 Å². The van der Waals surface area contributed by atoms with Crippen molar-refractivity contribution in [2.45, 2.75) is 59.3 Å². The zero-order valence-corrected chi connectivity index (χ0v) is 20.7. The van der Waals surface area contributed by atoms with Gasteiger partial charge in [-0.2, -0.15) is 5.26 Å². The lowest BCUT2D eigenvalue weighted by molar-refractivity contribution is -0.119. The molecule has 0 bridgehead atoms. The fourth-order valence-corrected chi connectivity index (χ4v) is 6.03. The molecule has 0 saturated carbocycles. The first-order valence-corrected chi connectivity index (χ1v) is 12.1. The number of phenols is 1. The van der Waals surface area contributed by atoms with Gasteiger partial charge in [0.15, 0.2) is 11.6 Å². The third kappa shape index (κ3) is 3.97. The van der Waals surface area contributed by atoms with Gasteiger partial charge in [0, 0.05) is 47.0 Å². The average molecular weight is 467 g/mol. The van der Waals surface area contributed by atoms with Crippen LogP contribution in [0.4, 0.5) is 5.69 Å².